The fourth-order valence-corrected chi connectivity index (χ4v) is 3.78. The molecule has 2 amide bonds. The number of carbonyl (C=O) groups is 2. The number of ether oxygens (including phenoxy) is 1. The van der Waals surface area contributed by atoms with Gasteiger partial charge in [-0.15, -0.1) is 0 Å². The van der Waals surface area contributed by atoms with Crippen LogP contribution in [0.1, 0.15) is 30.0 Å². The van der Waals surface area contributed by atoms with Gasteiger partial charge in [-0.25, -0.2) is 4.39 Å². The summed E-state index contributed by atoms with van der Waals surface area (Å²) in [6.07, 6.45) is 0.227. The Kier molecular flexibility index (Phi) is 6.50. The average molecular weight is 432 g/mol. The molecule has 0 fully saturated rings. The van der Waals surface area contributed by atoms with Crippen molar-refractivity contribution < 1.29 is 18.7 Å². The zero-order valence-corrected chi connectivity index (χ0v) is 17.9. The summed E-state index contributed by atoms with van der Waals surface area (Å²) in [4.78, 5) is 27.2. The Hall–Kier alpha value is -3.67. The van der Waals surface area contributed by atoms with Crippen LogP contribution in [0, 0.1) is 5.82 Å². The average Bonchev–Trinajstić information content (AvgIpc) is 2.92. The number of fused-ring (bicyclic) bond motifs is 1. The molecule has 1 heterocycles. The van der Waals surface area contributed by atoms with Crippen LogP contribution < -0.4 is 10.1 Å². The van der Waals surface area contributed by atoms with Gasteiger partial charge < -0.3 is 15.0 Å². The standard InChI is InChI=1S/C26H25FN2O3/c1-2-23-26(31)29(16-19-8-10-21(27)11-9-19)17-20-15-22(12-13-24(20)32-23)28-25(30)14-18-6-4-3-5-7-18/h3-13,15,23H,2,14,16-17H2,1H3,(H,28,30)/t23-/m0/s1. The topological polar surface area (TPSA) is 58.6 Å². The molecule has 1 aliphatic heterocycles. The monoisotopic (exact) mass is 432 g/mol. The van der Waals surface area contributed by atoms with E-state index in [0.29, 0.717) is 30.9 Å². The lowest BCUT2D eigenvalue weighted by molar-refractivity contribution is -0.139. The Bertz CT molecular complexity index is 1100. The summed E-state index contributed by atoms with van der Waals surface area (Å²) in [5, 5.41) is 2.93. The molecule has 164 valence electrons. The predicted octanol–water partition coefficient (Wildman–Crippen LogP) is 4.71. The highest BCUT2D eigenvalue weighted by atomic mass is 19.1. The molecular formula is C26H25FN2O3. The summed E-state index contributed by atoms with van der Waals surface area (Å²) in [6.45, 7) is 2.59. The molecule has 6 heteroatoms. The van der Waals surface area contributed by atoms with E-state index in [0.717, 1.165) is 16.7 Å². The summed E-state index contributed by atoms with van der Waals surface area (Å²) >= 11 is 0. The maximum Gasteiger partial charge on any atom is 0.264 e. The normalized spacial score (nSPS) is 15.5. The molecule has 0 bridgehead atoms. The molecule has 0 radical (unpaired) electrons. The van der Waals surface area contributed by atoms with Gasteiger partial charge in [-0.1, -0.05) is 49.4 Å². The molecule has 1 aliphatic rings. The Morgan fingerprint density at radius 2 is 1.81 bits per heavy atom. The molecular weight excluding hydrogens is 407 g/mol. The number of anilines is 1. The van der Waals surface area contributed by atoms with Gasteiger partial charge in [-0.3, -0.25) is 9.59 Å². The Balaban J connectivity index is 1.53. The summed E-state index contributed by atoms with van der Waals surface area (Å²) < 4.78 is 19.3. The molecule has 1 atom stereocenters. The highest BCUT2D eigenvalue weighted by Crippen LogP contribution is 2.30. The van der Waals surface area contributed by atoms with Gasteiger partial charge in [0.15, 0.2) is 6.10 Å². The molecule has 1 N–H and O–H groups in total. The molecule has 0 unspecified atom stereocenters. The molecule has 0 saturated carbocycles. The van der Waals surface area contributed by atoms with Crippen LogP contribution in [0.5, 0.6) is 5.75 Å². The van der Waals surface area contributed by atoms with Crippen molar-refractivity contribution in [2.45, 2.75) is 39.0 Å². The molecule has 3 aromatic carbocycles. The minimum atomic E-state index is -0.588. The molecule has 0 saturated heterocycles. The molecule has 5 nitrogen and oxygen atoms in total. The van der Waals surface area contributed by atoms with Crippen molar-refractivity contribution in [1.82, 2.24) is 4.90 Å². The number of amides is 2. The summed E-state index contributed by atoms with van der Waals surface area (Å²) in [5.41, 5.74) is 3.24. The Labute approximate surface area is 186 Å². The summed E-state index contributed by atoms with van der Waals surface area (Å²) in [6, 6.07) is 21.1. The van der Waals surface area contributed by atoms with E-state index >= 15 is 0 Å². The van der Waals surface area contributed by atoms with Gasteiger partial charge >= 0.3 is 0 Å². The largest absolute Gasteiger partial charge is 0.480 e. The van der Waals surface area contributed by atoms with E-state index in [1.54, 1.807) is 29.2 Å². The van der Waals surface area contributed by atoms with Crippen molar-refractivity contribution in [2.24, 2.45) is 0 Å². The van der Waals surface area contributed by atoms with Gasteiger partial charge in [-0.05, 0) is 47.9 Å². The van der Waals surface area contributed by atoms with E-state index in [4.69, 9.17) is 4.74 Å². The smallest absolute Gasteiger partial charge is 0.264 e. The van der Waals surface area contributed by atoms with E-state index in [9.17, 15) is 14.0 Å². The minimum Gasteiger partial charge on any atom is -0.480 e. The van der Waals surface area contributed by atoms with Crippen molar-refractivity contribution >= 4 is 17.5 Å². The van der Waals surface area contributed by atoms with Crippen molar-refractivity contribution in [3.05, 3.63) is 95.3 Å². The van der Waals surface area contributed by atoms with E-state index in [2.05, 4.69) is 5.32 Å². The number of rotatable bonds is 6. The van der Waals surface area contributed by atoms with E-state index in [1.165, 1.54) is 12.1 Å². The molecule has 32 heavy (non-hydrogen) atoms. The van der Waals surface area contributed by atoms with Gasteiger partial charge in [0.1, 0.15) is 11.6 Å². The lowest BCUT2D eigenvalue weighted by Crippen LogP contribution is -2.38. The second-order valence-corrected chi connectivity index (χ2v) is 7.87. The first-order valence-corrected chi connectivity index (χ1v) is 10.7. The van der Waals surface area contributed by atoms with Crippen LogP contribution in [0.4, 0.5) is 10.1 Å². The van der Waals surface area contributed by atoms with Crippen LogP contribution >= 0.6 is 0 Å². The van der Waals surface area contributed by atoms with Crippen LogP contribution in [-0.4, -0.2) is 22.8 Å². The molecule has 0 spiro atoms. The zero-order valence-electron chi connectivity index (χ0n) is 17.9. The van der Waals surface area contributed by atoms with Crippen molar-refractivity contribution in [3.8, 4) is 5.75 Å². The van der Waals surface area contributed by atoms with E-state index < -0.39 is 6.10 Å². The number of nitrogens with one attached hydrogen (secondary N) is 1. The van der Waals surface area contributed by atoms with Crippen molar-refractivity contribution in [1.29, 1.82) is 0 Å². The number of hydrogen-bond acceptors (Lipinski definition) is 3. The number of nitrogens with zero attached hydrogens (tertiary/aromatic N) is 1. The molecule has 3 aromatic rings. The first kappa shape index (κ1) is 21.6. The van der Waals surface area contributed by atoms with Crippen LogP contribution in [-0.2, 0) is 29.1 Å². The van der Waals surface area contributed by atoms with Crippen LogP contribution in [0.15, 0.2) is 72.8 Å². The number of halogens is 1. The van der Waals surface area contributed by atoms with Crippen LogP contribution in [0.3, 0.4) is 0 Å². The summed E-state index contributed by atoms with van der Waals surface area (Å²) in [7, 11) is 0. The number of benzene rings is 3. The maximum absolute atomic E-state index is 13.3. The van der Waals surface area contributed by atoms with Gasteiger partial charge in [0.05, 0.1) is 6.42 Å². The van der Waals surface area contributed by atoms with Crippen LogP contribution in [0.25, 0.3) is 0 Å². The molecule has 0 aliphatic carbocycles. The lowest BCUT2D eigenvalue weighted by Gasteiger charge is -2.23. The number of carbonyl (C=O) groups excluding carboxylic acids is 2. The van der Waals surface area contributed by atoms with Gasteiger partial charge in [0.2, 0.25) is 5.91 Å². The molecule has 4 rings (SSSR count). The maximum atomic E-state index is 13.3. The van der Waals surface area contributed by atoms with Crippen LogP contribution in [0.2, 0.25) is 0 Å². The van der Waals surface area contributed by atoms with E-state index in [1.807, 2.05) is 43.3 Å². The second kappa shape index (κ2) is 9.64. The SMILES string of the molecule is CC[C@@H]1Oc2ccc(NC(=O)Cc3ccccc3)cc2CN(Cc2ccc(F)cc2)C1=O. The Morgan fingerprint density at radius 1 is 1.06 bits per heavy atom. The summed E-state index contributed by atoms with van der Waals surface area (Å²) in [5.74, 6) is 0.0962. The highest BCUT2D eigenvalue weighted by molar-refractivity contribution is 5.92. The third-order valence-corrected chi connectivity index (χ3v) is 5.43. The van der Waals surface area contributed by atoms with Crippen molar-refractivity contribution in [3.63, 3.8) is 0 Å². The van der Waals surface area contributed by atoms with Gasteiger partial charge in [-0.2, -0.15) is 0 Å². The lowest BCUT2D eigenvalue weighted by atomic mass is 10.1. The number of hydrogen-bond donors (Lipinski definition) is 1. The Morgan fingerprint density at radius 3 is 2.53 bits per heavy atom. The third kappa shape index (κ3) is 5.14. The van der Waals surface area contributed by atoms with Crippen molar-refractivity contribution in [2.75, 3.05) is 5.32 Å². The highest BCUT2D eigenvalue weighted by Gasteiger charge is 2.30. The minimum absolute atomic E-state index is 0.109. The predicted molar refractivity (Wildman–Crippen MR) is 121 cm³/mol. The first-order chi connectivity index (χ1) is 15.5. The fraction of sp³-hybridized carbons (Fsp3) is 0.231. The third-order valence-electron chi connectivity index (χ3n) is 5.43. The van der Waals surface area contributed by atoms with E-state index in [-0.39, 0.29) is 24.1 Å². The van der Waals surface area contributed by atoms with Gasteiger partial charge in [0, 0.05) is 24.3 Å². The quantitative estimate of drug-likeness (QED) is 0.614. The second-order valence-electron chi connectivity index (χ2n) is 7.87. The molecule has 0 aromatic heterocycles. The first-order valence-electron chi connectivity index (χ1n) is 10.7. The zero-order chi connectivity index (χ0) is 22.5. The fourth-order valence-electron chi connectivity index (χ4n) is 3.78. The van der Waals surface area contributed by atoms with Gasteiger partial charge in [0.25, 0.3) is 5.91 Å².